The molecule has 1 rings (SSSR count). The number of amides is 1. The largest absolute Gasteiger partial charge is 0.373 e. The Morgan fingerprint density at radius 2 is 1.80 bits per heavy atom. The van der Waals surface area contributed by atoms with Crippen molar-refractivity contribution in [2.75, 3.05) is 12.4 Å². The van der Waals surface area contributed by atoms with Gasteiger partial charge in [0.15, 0.2) is 0 Å². The van der Waals surface area contributed by atoms with Crippen molar-refractivity contribution in [3.63, 3.8) is 0 Å². The van der Waals surface area contributed by atoms with E-state index < -0.39 is 0 Å². The van der Waals surface area contributed by atoms with Gasteiger partial charge in [0, 0.05) is 23.8 Å². The van der Waals surface area contributed by atoms with E-state index in [1.54, 1.807) is 13.1 Å². The van der Waals surface area contributed by atoms with Gasteiger partial charge in [-0.15, -0.1) is 0 Å². The van der Waals surface area contributed by atoms with Crippen LogP contribution in [0.3, 0.4) is 0 Å². The summed E-state index contributed by atoms with van der Waals surface area (Å²) in [4.78, 5) is 16.7. The van der Waals surface area contributed by atoms with E-state index in [0.717, 1.165) is 12.1 Å². The summed E-state index contributed by atoms with van der Waals surface area (Å²) in [5, 5.41) is 6.09. The zero-order chi connectivity index (χ0) is 15.6. The van der Waals surface area contributed by atoms with Gasteiger partial charge in [0.05, 0.1) is 0 Å². The lowest BCUT2D eigenvalue weighted by atomic mass is 9.81. The maximum absolute atomic E-state index is 12.4. The van der Waals surface area contributed by atoms with Crippen LogP contribution in [-0.2, 0) is 0 Å². The molecular weight excluding hydrogens is 250 g/mol. The van der Waals surface area contributed by atoms with Crippen LogP contribution < -0.4 is 10.6 Å². The molecule has 4 nitrogen and oxygen atoms in total. The van der Waals surface area contributed by atoms with Crippen molar-refractivity contribution in [2.45, 2.75) is 53.5 Å². The number of aromatic nitrogens is 1. The van der Waals surface area contributed by atoms with Gasteiger partial charge in [0.1, 0.15) is 5.82 Å². The number of pyridine rings is 1. The molecule has 0 fully saturated rings. The SMILES string of the molecule is CNc1cc(C(=O)NC(C)(C)CC(C)(C)C)cc(C)n1. The molecule has 0 bridgehead atoms. The van der Waals surface area contributed by atoms with Gasteiger partial charge in [-0.25, -0.2) is 4.98 Å². The first-order valence-corrected chi connectivity index (χ1v) is 7.01. The van der Waals surface area contributed by atoms with E-state index in [4.69, 9.17) is 0 Å². The smallest absolute Gasteiger partial charge is 0.251 e. The van der Waals surface area contributed by atoms with Crippen molar-refractivity contribution in [3.8, 4) is 0 Å². The maximum Gasteiger partial charge on any atom is 0.251 e. The topological polar surface area (TPSA) is 54.0 Å². The molecule has 0 aromatic carbocycles. The molecule has 0 aliphatic carbocycles. The van der Waals surface area contributed by atoms with Gasteiger partial charge >= 0.3 is 0 Å². The summed E-state index contributed by atoms with van der Waals surface area (Å²) in [6.45, 7) is 12.5. The lowest BCUT2D eigenvalue weighted by Crippen LogP contribution is -2.45. The minimum atomic E-state index is -0.244. The fraction of sp³-hybridized carbons (Fsp3) is 0.625. The Morgan fingerprint density at radius 3 is 2.30 bits per heavy atom. The normalized spacial score (nSPS) is 12.2. The number of carbonyl (C=O) groups excluding carboxylic acids is 1. The summed E-state index contributed by atoms with van der Waals surface area (Å²) in [5.41, 5.74) is 1.40. The molecule has 0 unspecified atom stereocenters. The fourth-order valence-corrected chi connectivity index (χ4v) is 2.68. The minimum absolute atomic E-state index is 0.0544. The van der Waals surface area contributed by atoms with Crippen LogP contribution in [0.4, 0.5) is 5.82 Å². The summed E-state index contributed by atoms with van der Waals surface area (Å²) in [6.07, 6.45) is 0.911. The third-order valence-electron chi connectivity index (χ3n) is 2.90. The van der Waals surface area contributed by atoms with E-state index in [2.05, 4.69) is 50.2 Å². The van der Waals surface area contributed by atoms with Gasteiger partial charge in [0.2, 0.25) is 0 Å². The van der Waals surface area contributed by atoms with Crippen molar-refractivity contribution in [1.82, 2.24) is 10.3 Å². The Balaban J connectivity index is 2.88. The molecule has 0 aliphatic heterocycles. The van der Waals surface area contributed by atoms with Crippen LogP contribution in [0.5, 0.6) is 0 Å². The molecule has 0 atom stereocenters. The molecular formula is C16H27N3O. The van der Waals surface area contributed by atoms with Gasteiger partial charge in [-0.05, 0) is 44.7 Å². The predicted molar refractivity (Wildman–Crippen MR) is 84.1 cm³/mol. The maximum atomic E-state index is 12.4. The van der Waals surface area contributed by atoms with E-state index in [0.29, 0.717) is 11.4 Å². The van der Waals surface area contributed by atoms with Crippen LogP contribution >= 0.6 is 0 Å². The first-order valence-electron chi connectivity index (χ1n) is 7.01. The van der Waals surface area contributed by atoms with Crippen molar-refractivity contribution in [2.24, 2.45) is 5.41 Å². The fourth-order valence-electron chi connectivity index (χ4n) is 2.68. The Kier molecular flexibility index (Phi) is 4.79. The van der Waals surface area contributed by atoms with Gasteiger partial charge in [-0.2, -0.15) is 0 Å². The number of aryl methyl sites for hydroxylation is 1. The molecule has 112 valence electrons. The van der Waals surface area contributed by atoms with E-state index in [1.165, 1.54) is 0 Å². The van der Waals surface area contributed by atoms with Crippen molar-refractivity contribution in [3.05, 3.63) is 23.4 Å². The van der Waals surface area contributed by atoms with E-state index in [-0.39, 0.29) is 16.9 Å². The Labute approximate surface area is 122 Å². The quantitative estimate of drug-likeness (QED) is 0.887. The predicted octanol–water partition coefficient (Wildman–Crippen LogP) is 3.38. The minimum Gasteiger partial charge on any atom is -0.373 e. The highest BCUT2D eigenvalue weighted by Gasteiger charge is 2.27. The number of anilines is 1. The number of nitrogens with one attached hydrogen (secondary N) is 2. The molecule has 1 aromatic rings. The average molecular weight is 277 g/mol. The Hall–Kier alpha value is -1.58. The first-order chi connectivity index (χ1) is 9.02. The van der Waals surface area contributed by atoms with Gasteiger partial charge in [-0.1, -0.05) is 20.8 Å². The summed E-state index contributed by atoms with van der Waals surface area (Å²) in [7, 11) is 1.80. The second-order valence-electron chi connectivity index (χ2n) is 7.21. The summed E-state index contributed by atoms with van der Waals surface area (Å²) < 4.78 is 0. The van der Waals surface area contributed by atoms with Crippen LogP contribution in [-0.4, -0.2) is 23.5 Å². The van der Waals surface area contributed by atoms with Crippen LogP contribution in [0.15, 0.2) is 12.1 Å². The highest BCUT2D eigenvalue weighted by atomic mass is 16.1. The van der Waals surface area contributed by atoms with Crippen LogP contribution in [0, 0.1) is 12.3 Å². The second-order valence-corrected chi connectivity index (χ2v) is 7.21. The molecule has 0 saturated heterocycles. The monoisotopic (exact) mass is 277 g/mol. The molecule has 4 heteroatoms. The molecule has 0 radical (unpaired) electrons. The van der Waals surface area contributed by atoms with Crippen LogP contribution in [0.2, 0.25) is 0 Å². The van der Waals surface area contributed by atoms with Crippen LogP contribution in [0.1, 0.15) is 57.1 Å². The van der Waals surface area contributed by atoms with Crippen LogP contribution in [0.25, 0.3) is 0 Å². The number of rotatable bonds is 4. The molecule has 0 saturated carbocycles. The van der Waals surface area contributed by atoms with E-state index >= 15 is 0 Å². The summed E-state index contributed by atoms with van der Waals surface area (Å²) in [6, 6.07) is 3.58. The number of carbonyl (C=O) groups is 1. The Bertz CT molecular complexity index is 487. The van der Waals surface area contributed by atoms with E-state index in [9.17, 15) is 4.79 Å². The van der Waals surface area contributed by atoms with Gasteiger partial charge in [0.25, 0.3) is 5.91 Å². The van der Waals surface area contributed by atoms with E-state index in [1.807, 2.05) is 13.0 Å². The van der Waals surface area contributed by atoms with Crippen molar-refractivity contribution in [1.29, 1.82) is 0 Å². The molecule has 1 aromatic heterocycles. The number of hydrogen-bond donors (Lipinski definition) is 2. The zero-order valence-electron chi connectivity index (χ0n) is 13.7. The molecule has 0 spiro atoms. The highest BCUT2D eigenvalue weighted by molar-refractivity contribution is 5.95. The molecule has 0 aliphatic rings. The zero-order valence-corrected chi connectivity index (χ0v) is 13.7. The summed E-state index contributed by atoms with van der Waals surface area (Å²) >= 11 is 0. The molecule has 20 heavy (non-hydrogen) atoms. The third kappa shape index (κ3) is 5.19. The standard InChI is InChI=1S/C16H27N3O/c1-11-8-12(9-13(17-7)18-11)14(20)19-16(5,6)10-15(2,3)4/h8-9H,10H2,1-7H3,(H,17,18)(H,19,20). The van der Waals surface area contributed by atoms with Crippen molar-refractivity contribution < 1.29 is 4.79 Å². The third-order valence-corrected chi connectivity index (χ3v) is 2.90. The lowest BCUT2D eigenvalue weighted by molar-refractivity contribution is 0.0891. The lowest BCUT2D eigenvalue weighted by Gasteiger charge is -2.33. The molecule has 1 heterocycles. The van der Waals surface area contributed by atoms with Gasteiger partial charge in [-0.3, -0.25) is 4.79 Å². The molecule has 2 N–H and O–H groups in total. The average Bonchev–Trinajstić information content (AvgIpc) is 2.23. The summed E-state index contributed by atoms with van der Waals surface area (Å²) in [5.74, 6) is 0.657. The highest BCUT2D eigenvalue weighted by Crippen LogP contribution is 2.27. The van der Waals surface area contributed by atoms with Gasteiger partial charge < -0.3 is 10.6 Å². The first kappa shape index (κ1) is 16.5. The number of hydrogen-bond acceptors (Lipinski definition) is 3. The van der Waals surface area contributed by atoms with Crippen molar-refractivity contribution >= 4 is 11.7 Å². The number of nitrogens with zero attached hydrogens (tertiary/aromatic N) is 1. The molecule has 1 amide bonds. The Morgan fingerprint density at radius 1 is 1.20 bits per heavy atom. The second kappa shape index (κ2) is 5.81.